The molecule has 5 heterocycles. The van der Waals surface area contributed by atoms with E-state index in [1.165, 1.54) is 12.1 Å². The lowest BCUT2D eigenvalue weighted by Crippen LogP contribution is -2.37. The highest BCUT2D eigenvalue weighted by Crippen LogP contribution is 2.48. The van der Waals surface area contributed by atoms with E-state index in [4.69, 9.17) is 0 Å². The quantitative estimate of drug-likeness (QED) is 0.594. The van der Waals surface area contributed by atoms with Crippen LogP contribution in [0.3, 0.4) is 0 Å². The largest absolute Gasteiger partial charge is 0.313 e. The Hall–Kier alpha value is -2.80. The lowest BCUT2D eigenvalue weighted by Gasteiger charge is -2.35. The number of rotatable bonds is 2. The first-order chi connectivity index (χ1) is 13.0. The summed E-state index contributed by atoms with van der Waals surface area (Å²) in [7, 11) is 1.75. The normalized spacial score (nSPS) is 24.0. The summed E-state index contributed by atoms with van der Waals surface area (Å²) in [5, 5.41) is 8.27. The van der Waals surface area contributed by atoms with Crippen LogP contribution in [0.25, 0.3) is 27.7 Å². The van der Waals surface area contributed by atoms with E-state index in [1.54, 1.807) is 22.3 Å². The molecule has 1 aliphatic carbocycles. The molecule has 0 radical (unpaired) electrons. The molecule has 7 rings (SSSR count). The van der Waals surface area contributed by atoms with Crippen molar-refractivity contribution in [3.8, 4) is 11.1 Å². The maximum absolute atomic E-state index is 14.8. The predicted octanol–water partition coefficient (Wildman–Crippen LogP) is 3.17. The van der Waals surface area contributed by atoms with Gasteiger partial charge in [-0.3, -0.25) is 4.68 Å². The van der Waals surface area contributed by atoms with E-state index in [0.29, 0.717) is 33.7 Å². The molecule has 0 amide bonds. The van der Waals surface area contributed by atoms with Gasteiger partial charge in [-0.15, -0.1) is 0 Å². The lowest BCUT2D eigenvalue weighted by atomic mass is 9.68. The van der Waals surface area contributed by atoms with E-state index in [-0.39, 0.29) is 5.41 Å². The Balaban J connectivity index is 1.50. The van der Waals surface area contributed by atoms with E-state index in [1.807, 2.05) is 18.5 Å². The zero-order chi connectivity index (χ0) is 18.3. The summed E-state index contributed by atoms with van der Waals surface area (Å²) in [6.07, 6.45) is 7.62. The number of hydrogen-bond acceptors (Lipinski definition) is 3. The average Bonchev–Trinajstić information content (AvgIpc) is 3.34. The van der Waals surface area contributed by atoms with Crippen LogP contribution in [0.4, 0.5) is 8.78 Å². The fourth-order valence-electron chi connectivity index (χ4n) is 4.66. The van der Waals surface area contributed by atoms with E-state index in [0.717, 1.165) is 25.1 Å². The monoisotopic (exact) mass is 365 g/mol. The van der Waals surface area contributed by atoms with Gasteiger partial charge in [-0.25, -0.2) is 13.8 Å². The minimum absolute atomic E-state index is 0.0457. The van der Waals surface area contributed by atoms with Crippen LogP contribution >= 0.6 is 0 Å². The van der Waals surface area contributed by atoms with E-state index in [2.05, 4.69) is 15.4 Å². The molecule has 27 heavy (non-hydrogen) atoms. The number of aryl methyl sites for hydroxylation is 1. The van der Waals surface area contributed by atoms with Gasteiger partial charge in [0, 0.05) is 54.6 Å². The lowest BCUT2D eigenvalue weighted by molar-refractivity contribution is 0.298. The molecular formula is C20H17F2N5. The van der Waals surface area contributed by atoms with Crippen molar-refractivity contribution in [2.45, 2.75) is 24.3 Å². The van der Waals surface area contributed by atoms with Gasteiger partial charge in [-0.2, -0.15) is 5.10 Å². The number of fused-ring (bicyclic) bond motifs is 3. The van der Waals surface area contributed by atoms with Crippen LogP contribution < -0.4 is 5.32 Å². The number of benzene rings is 1. The van der Waals surface area contributed by atoms with E-state index < -0.39 is 11.6 Å². The molecule has 2 aliphatic heterocycles. The van der Waals surface area contributed by atoms with Gasteiger partial charge >= 0.3 is 0 Å². The summed E-state index contributed by atoms with van der Waals surface area (Å²) in [5.74, 6) is -0.810. The second-order valence-electron chi connectivity index (χ2n) is 7.90. The Morgan fingerprint density at radius 1 is 1.07 bits per heavy atom. The zero-order valence-corrected chi connectivity index (χ0v) is 14.7. The molecule has 0 atom stereocenters. The van der Waals surface area contributed by atoms with Crippen molar-refractivity contribution in [2.24, 2.45) is 7.05 Å². The van der Waals surface area contributed by atoms with Gasteiger partial charge in [-0.1, -0.05) is 0 Å². The van der Waals surface area contributed by atoms with Crippen molar-refractivity contribution in [1.82, 2.24) is 24.5 Å². The van der Waals surface area contributed by atoms with Crippen LogP contribution in [0.5, 0.6) is 0 Å². The standard InChI is InChI=1S/C20H17F2N5/c1-26-7-13-2-11(3-15(21)18(13)25-26)12-4-16(22)19-24-17(9-27(19)8-12)20-5-14(6-20)23-10-20/h2-4,7-9,14,23H,5-6,10H2,1H3. The molecule has 1 N–H and O–H groups in total. The smallest absolute Gasteiger partial charge is 0.173 e. The van der Waals surface area contributed by atoms with Gasteiger partial charge in [0.1, 0.15) is 5.52 Å². The van der Waals surface area contributed by atoms with E-state index >= 15 is 0 Å². The molecule has 1 saturated carbocycles. The third-order valence-corrected chi connectivity index (χ3v) is 6.06. The van der Waals surface area contributed by atoms with Gasteiger partial charge < -0.3 is 9.72 Å². The second-order valence-corrected chi connectivity index (χ2v) is 7.90. The summed E-state index contributed by atoms with van der Waals surface area (Å²) in [5.41, 5.74) is 2.86. The molecule has 7 heteroatoms. The predicted molar refractivity (Wildman–Crippen MR) is 97.5 cm³/mol. The van der Waals surface area contributed by atoms with Gasteiger partial charge in [0.05, 0.1) is 5.69 Å². The van der Waals surface area contributed by atoms with Crippen molar-refractivity contribution >= 4 is 16.6 Å². The molecule has 2 saturated heterocycles. The van der Waals surface area contributed by atoms with Gasteiger partial charge in [-0.05, 0) is 36.6 Å². The maximum atomic E-state index is 14.8. The zero-order valence-electron chi connectivity index (χ0n) is 14.7. The number of aromatic nitrogens is 4. The third kappa shape index (κ3) is 2.06. The van der Waals surface area contributed by atoms with Crippen molar-refractivity contribution in [2.75, 3.05) is 6.54 Å². The maximum Gasteiger partial charge on any atom is 0.173 e. The van der Waals surface area contributed by atoms with Crippen LogP contribution in [0.2, 0.25) is 0 Å². The van der Waals surface area contributed by atoms with Crippen molar-refractivity contribution in [1.29, 1.82) is 0 Å². The summed E-state index contributed by atoms with van der Waals surface area (Å²) < 4.78 is 32.5. The highest BCUT2D eigenvalue weighted by atomic mass is 19.1. The fourth-order valence-corrected chi connectivity index (χ4v) is 4.66. The average molecular weight is 365 g/mol. The molecule has 0 unspecified atom stereocenters. The minimum Gasteiger partial charge on any atom is -0.313 e. The SMILES string of the molecule is Cn1cc2cc(-c3cc(F)c4nc(C56CNC(C5)C6)cn4c3)cc(F)c2n1. The van der Waals surface area contributed by atoms with Crippen molar-refractivity contribution < 1.29 is 8.78 Å². The van der Waals surface area contributed by atoms with Crippen molar-refractivity contribution in [3.63, 3.8) is 0 Å². The Morgan fingerprint density at radius 2 is 1.89 bits per heavy atom. The molecule has 1 aromatic carbocycles. The third-order valence-electron chi connectivity index (χ3n) is 6.06. The number of hydrogen-bond donors (Lipinski definition) is 1. The molecule has 5 nitrogen and oxygen atoms in total. The summed E-state index contributed by atoms with van der Waals surface area (Å²) >= 11 is 0. The number of nitrogens with one attached hydrogen (secondary N) is 1. The number of nitrogens with zero attached hydrogens (tertiary/aromatic N) is 4. The van der Waals surface area contributed by atoms with Crippen LogP contribution in [0, 0.1) is 11.6 Å². The Labute approximate surface area is 153 Å². The second kappa shape index (κ2) is 4.92. The highest BCUT2D eigenvalue weighted by molar-refractivity contribution is 5.84. The fraction of sp³-hybridized carbons (Fsp3) is 0.300. The Bertz CT molecular complexity index is 1230. The highest BCUT2D eigenvalue weighted by Gasteiger charge is 2.52. The molecule has 3 fully saturated rings. The molecule has 3 aliphatic rings. The topological polar surface area (TPSA) is 47.2 Å². The molecule has 136 valence electrons. The minimum atomic E-state index is -0.411. The Morgan fingerprint density at radius 3 is 2.67 bits per heavy atom. The van der Waals surface area contributed by atoms with Crippen LogP contribution in [-0.4, -0.2) is 31.8 Å². The number of imidazole rings is 1. The summed E-state index contributed by atoms with van der Waals surface area (Å²) in [6.45, 7) is 0.902. The van der Waals surface area contributed by atoms with Gasteiger partial charge in [0.2, 0.25) is 0 Å². The first-order valence-corrected chi connectivity index (χ1v) is 9.06. The molecular weight excluding hydrogens is 348 g/mol. The van der Waals surface area contributed by atoms with Crippen LogP contribution in [-0.2, 0) is 12.5 Å². The number of pyridine rings is 1. The molecule has 4 aromatic rings. The van der Waals surface area contributed by atoms with Crippen LogP contribution in [0.1, 0.15) is 18.5 Å². The molecule has 2 bridgehead atoms. The summed E-state index contributed by atoms with van der Waals surface area (Å²) in [6, 6.07) is 5.24. The first-order valence-electron chi connectivity index (χ1n) is 9.06. The van der Waals surface area contributed by atoms with Crippen molar-refractivity contribution in [3.05, 3.63) is 54.1 Å². The summed E-state index contributed by atoms with van der Waals surface area (Å²) in [4.78, 5) is 4.57. The van der Waals surface area contributed by atoms with Crippen LogP contribution in [0.15, 0.2) is 36.8 Å². The van der Waals surface area contributed by atoms with E-state index in [9.17, 15) is 8.78 Å². The molecule has 3 aromatic heterocycles. The Kier molecular flexibility index (Phi) is 2.78. The first kappa shape index (κ1) is 15.3. The number of halogens is 2. The molecule has 0 spiro atoms. The van der Waals surface area contributed by atoms with Gasteiger partial charge in [0.15, 0.2) is 17.3 Å². The van der Waals surface area contributed by atoms with Gasteiger partial charge in [0.25, 0.3) is 0 Å².